The molecule has 0 aliphatic heterocycles. The first-order chi connectivity index (χ1) is 21.3. The molecule has 3 heteroatoms. The maximum atomic E-state index is 6.63. The quantitative estimate of drug-likeness (QED) is 0.210. The fourth-order valence-corrected chi connectivity index (χ4v) is 7.65. The summed E-state index contributed by atoms with van der Waals surface area (Å²) in [7, 11) is 0. The van der Waals surface area contributed by atoms with Gasteiger partial charge in [0.1, 0.15) is 11.2 Å². The lowest BCUT2D eigenvalue weighted by Gasteiger charge is -2.28. The Balaban J connectivity index is 1.37. The summed E-state index contributed by atoms with van der Waals surface area (Å²) in [6.07, 6.45) is 0. The first-order valence-electron chi connectivity index (χ1n) is 14.5. The monoisotopic (exact) mass is 567 g/mol. The number of hydrogen-bond acceptors (Lipinski definition) is 3. The molecule has 0 amide bonds. The molecule has 43 heavy (non-hydrogen) atoms. The van der Waals surface area contributed by atoms with Gasteiger partial charge in [0.2, 0.25) is 0 Å². The van der Waals surface area contributed by atoms with Crippen LogP contribution in [0.1, 0.15) is 0 Å². The van der Waals surface area contributed by atoms with Gasteiger partial charge in [0.25, 0.3) is 0 Å². The van der Waals surface area contributed by atoms with Gasteiger partial charge in [-0.25, -0.2) is 0 Å². The third-order valence-corrected chi connectivity index (χ3v) is 9.59. The Kier molecular flexibility index (Phi) is 5.40. The highest BCUT2D eigenvalue weighted by Gasteiger charge is 2.23. The number of para-hydroxylation sites is 1. The lowest BCUT2D eigenvalue weighted by Crippen LogP contribution is -2.11. The molecule has 9 rings (SSSR count). The third-order valence-electron chi connectivity index (χ3n) is 8.46. The van der Waals surface area contributed by atoms with Gasteiger partial charge in [-0.3, -0.25) is 0 Å². The van der Waals surface area contributed by atoms with Crippen LogP contribution in [0, 0.1) is 0 Å². The van der Waals surface area contributed by atoms with Crippen LogP contribution in [-0.4, -0.2) is 0 Å². The molecule has 2 nitrogen and oxygen atoms in total. The number of furan rings is 1. The van der Waals surface area contributed by atoms with Crippen molar-refractivity contribution in [1.29, 1.82) is 0 Å². The summed E-state index contributed by atoms with van der Waals surface area (Å²) in [6, 6.07) is 54.2. The molecule has 202 valence electrons. The third kappa shape index (κ3) is 3.79. The number of fused-ring (bicyclic) bond motifs is 8. The lowest BCUT2D eigenvalue weighted by molar-refractivity contribution is 0.672. The summed E-state index contributed by atoms with van der Waals surface area (Å²) in [5.74, 6) is 0. The molecule has 0 fully saturated rings. The zero-order valence-corrected chi connectivity index (χ0v) is 24.0. The number of anilines is 3. The number of nitrogens with zero attached hydrogens (tertiary/aromatic N) is 1. The first kappa shape index (κ1) is 24.2. The van der Waals surface area contributed by atoms with Gasteiger partial charge in [0, 0.05) is 42.2 Å². The Morgan fingerprint density at radius 2 is 1.21 bits per heavy atom. The van der Waals surface area contributed by atoms with Crippen molar-refractivity contribution >= 4 is 81.3 Å². The van der Waals surface area contributed by atoms with Crippen molar-refractivity contribution in [3.8, 4) is 11.1 Å². The summed E-state index contributed by atoms with van der Waals surface area (Å²) >= 11 is 1.85. The zero-order valence-electron chi connectivity index (χ0n) is 23.2. The van der Waals surface area contributed by atoms with E-state index in [1.165, 1.54) is 36.7 Å². The topological polar surface area (TPSA) is 16.4 Å². The zero-order chi connectivity index (χ0) is 28.3. The number of benzene rings is 7. The second kappa shape index (κ2) is 9.59. The Bertz CT molecular complexity index is 2470. The smallest absolute Gasteiger partial charge is 0.143 e. The van der Waals surface area contributed by atoms with E-state index in [1.807, 2.05) is 11.3 Å². The van der Waals surface area contributed by atoms with Gasteiger partial charge in [0.05, 0.1) is 16.8 Å². The fraction of sp³-hybridized carbons (Fsp3) is 0. The van der Waals surface area contributed by atoms with Crippen LogP contribution in [-0.2, 0) is 0 Å². The standard InChI is InChI=1S/C40H25NOS/c1-2-11-26(12-3-1)29-14-6-8-17-34(29)41(28-22-24-32-31-16-7-9-20-37(31)43-38(32)25-28)35-18-10-19-36-39(35)33-23-21-27-13-4-5-15-30(27)40(33)42-36/h1-25H. The molecule has 2 heterocycles. The molecule has 0 radical (unpaired) electrons. The van der Waals surface area contributed by atoms with Crippen molar-refractivity contribution in [1.82, 2.24) is 0 Å². The van der Waals surface area contributed by atoms with Gasteiger partial charge in [0.15, 0.2) is 0 Å². The van der Waals surface area contributed by atoms with Crippen molar-refractivity contribution in [2.45, 2.75) is 0 Å². The number of hydrogen-bond donors (Lipinski definition) is 0. The van der Waals surface area contributed by atoms with Crippen LogP contribution in [0.15, 0.2) is 156 Å². The summed E-state index contributed by atoms with van der Waals surface area (Å²) in [5, 5.41) is 7.14. The summed E-state index contributed by atoms with van der Waals surface area (Å²) in [4.78, 5) is 2.42. The fourth-order valence-electron chi connectivity index (χ4n) is 6.51. The average Bonchev–Trinajstić information content (AvgIpc) is 3.64. The first-order valence-corrected chi connectivity index (χ1v) is 15.3. The highest BCUT2D eigenvalue weighted by atomic mass is 32.1. The maximum absolute atomic E-state index is 6.63. The van der Waals surface area contributed by atoms with Crippen LogP contribution in [0.25, 0.3) is 64.0 Å². The van der Waals surface area contributed by atoms with E-state index in [9.17, 15) is 0 Å². The summed E-state index contributed by atoms with van der Waals surface area (Å²) < 4.78 is 9.21. The van der Waals surface area contributed by atoms with Crippen molar-refractivity contribution in [2.24, 2.45) is 0 Å². The van der Waals surface area contributed by atoms with E-state index in [-0.39, 0.29) is 0 Å². The molecule has 0 bridgehead atoms. The van der Waals surface area contributed by atoms with Gasteiger partial charge in [-0.05, 0) is 53.4 Å². The van der Waals surface area contributed by atoms with E-state index >= 15 is 0 Å². The normalized spacial score (nSPS) is 11.7. The molecule has 0 saturated heterocycles. The Labute approximate surface area is 252 Å². The molecule has 9 aromatic rings. The van der Waals surface area contributed by atoms with Crippen LogP contribution < -0.4 is 4.90 Å². The van der Waals surface area contributed by atoms with Crippen LogP contribution in [0.5, 0.6) is 0 Å². The van der Waals surface area contributed by atoms with Gasteiger partial charge >= 0.3 is 0 Å². The van der Waals surface area contributed by atoms with Crippen molar-refractivity contribution in [2.75, 3.05) is 4.90 Å². The molecule has 0 aliphatic carbocycles. The van der Waals surface area contributed by atoms with Crippen molar-refractivity contribution < 1.29 is 4.42 Å². The molecule has 0 saturated carbocycles. The number of thiophene rings is 1. The predicted molar refractivity (Wildman–Crippen MR) is 184 cm³/mol. The highest BCUT2D eigenvalue weighted by molar-refractivity contribution is 7.25. The second-order valence-electron chi connectivity index (χ2n) is 10.9. The molecule has 7 aromatic carbocycles. The predicted octanol–water partition coefficient (Wildman–Crippen LogP) is 12.2. The highest BCUT2D eigenvalue weighted by Crippen LogP contribution is 2.48. The molecule has 0 N–H and O–H groups in total. The van der Waals surface area contributed by atoms with E-state index in [0.29, 0.717) is 0 Å². The SMILES string of the molecule is c1ccc(-c2ccccc2N(c2ccc3c(c2)sc2ccccc23)c2cccc3oc4c5ccccc5ccc4c23)cc1. The van der Waals surface area contributed by atoms with E-state index < -0.39 is 0 Å². The van der Waals surface area contributed by atoms with E-state index in [4.69, 9.17) is 4.42 Å². The molecule has 0 spiro atoms. The summed E-state index contributed by atoms with van der Waals surface area (Å²) in [6.45, 7) is 0. The van der Waals surface area contributed by atoms with Crippen molar-refractivity contribution in [3.05, 3.63) is 152 Å². The van der Waals surface area contributed by atoms with E-state index in [2.05, 4.69) is 157 Å². The molecular formula is C40H25NOS. The van der Waals surface area contributed by atoms with Gasteiger partial charge in [-0.2, -0.15) is 0 Å². The minimum Gasteiger partial charge on any atom is -0.455 e. The van der Waals surface area contributed by atoms with Crippen molar-refractivity contribution in [3.63, 3.8) is 0 Å². The minimum atomic E-state index is 0.883. The molecular weight excluding hydrogens is 543 g/mol. The summed E-state index contributed by atoms with van der Waals surface area (Å²) in [5.41, 5.74) is 7.50. The van der Waals surface area contributed by atoms with Crippen LogP contribution in [0.3, 0.4) is 0 Å². The second-order valence-corrected chi connectivity index (χ2v) is 12.0. The van der Waals surface area contributed by atoms with E-state index in [1.54, 1.807) is 0 Å². The molecule has 2 aromatic heterocycles. The maximum Gasteiger partial charge on any atom is 0.143 e. The molecule has 0 atom stereocenters. The Morgan fingerprint density at radius 3 is 2.14 bits per heavy atom. The van der Waals surface area contributed by atoms with Gasteiger partial charge in [-0.1, -0.05) is 109 Å². The van der Waals surface area contributed by atoms with Gasteiger partial charge < -0.3 is 9.32 Å². The largest absolute Gasteiger partial charge is 0.455 e. The lowest BCUT2D eigenvalue weighted by atomic mass is 10.0. The van der Waals surface area contributed by atoms with Crippen LogP contribution >= 0.6 is 11.3 Å². The van der Waals surface area contributed by atoms with Gasteiger partial charge in [-0.15, -0.1) is 11.3 Å². The average molecular weight is 568 g/mol. The van der Waals surface area contributed by atoms with Crippen LogP contribution in [0.4, 0.5) is 17.1 Å². The van der Waals surface area contributed by atoms with Crippen LogP contribution in [0.2, 0.25) is 0 Å². The Hall–Kier alpha value is -5.38. The molecule has 0 unspecified atom stereocenters. The molecule has 0 aliphatic rings. The van der Waals surface area contributed by atoms with E-state index in [0.717, 1.165) is 44.4 Å². The Morgan fingerprint density at radius 1 is 0.488 bits per heavy atom. The minimum absolute atomic E-state index is 0.883. The number of rotatable bonds is 4.